The lowest BCUT2D eigenvalue weighted by Gasteiger charge is -2.35. The van der Waals surface area contributed by atoms with E-state index in [4.69, 9.17) is 0 Å². The summed E-state index contributed by atoms with van der Waals surface area (Å²) >= 11 is 0. The SMILES string of the molecule is CCC(C(=O)O)N1CCC(CCCN(CC)CC)CC1. The predicted octanol–water partition coefficient (Wildman–Crippen LogP) is 2.68. The molecule has 1 aliphatic rings. The minimum atomic E-state index is -0.660. The minimum absolute atomic E-state index is 0.272. The second-order valence-corrected chi connectivity index (χ2v) is 5.91. The van der Waals surface area contributed by atoms with Crippen molar-refractivity contribution >= 4 is 5.97 Å². The fourth-order valence-corrected chi connectivity index (χ4v) is 3.29. The van der Waals surface area contributed by atoms with E-state index in [1.54, 1.807) is 0 Å². The van der Waals surface area contributed by atoms with Gasteiger partial charge in [-0.05, 0) is 70.7 Å². The van der Waals surface area contributed by atoms with Crippen LogP contribution in [0.25, 0.3) is 0 Å². The van der Waals surface area contributed by atoms with Crippen LogP contribution >= 0.6 is 0 Å². The molecular weight excluding hydrogens is 252 g/mol. The third-order valence-corrected chi connectivity index (χ3v) is 4.74. The lowest BCUT2D eigenvalue weighted by Crippen LogP contribution is -2.45. The summed E-state index contributed by atoms with van der Waals surface area (Å²) in [6, 6.07) is -0.272. The zero-order chi connectivity index (χ0) is 15.0. The molecule has 1 atom stereocenters. The van der Waals surface area contributed by atoms with Gasteiger partial charge in [0, 0.05) is 0 Å². The average Bonchev–Trinajstić information content (AvgIpc) is 2.45. The van der Waals surface area contributed by atoms with Crippen LogP contribution in [0.1, 0.15) is 52.9 Å². The number of likely N-dealkylation sites (tertiary alicyclic amines) is 1. The summed E-state index contributed by atoms with van der Waals surface area (Å²) in [5, 5.41) is 9.20. The summed E-state index contributed by atoms with van der Waals surface area (Å²) in [5.41, 5.74) is 0. The predicted molar refractivity (Wildman–Crippen MR) is 83.0 cm³/mol. The molecule has 0 amide bonds. The standard InChI is InChI=1S/C16H32N2O2/c1-4-15(16(19)20)18-12-9-14(10-13-18)8-7-11-17(5-2)6-3/h14-15H,4-13H2,1-3H3,(H,19,20). The van der Waals surface area contributed by atoms with Crippen LogP contribution < -0.4 is 0 Å². The number of aliphatic carboxylic acids is 1. The zero-order valence-electron chi connectivity index (χ0n) is 13.5. The van der Waals surface area contributed by atoms with Crippen LogP contribution in [0.3, 0.4) is 0 Å². The molecule has 0 aliphatic carbocycles. The first-order chi connectivity index (χ1) is 9.62. The van der Waals surface area contributed by atoms with Crippen molar-refractivity contribution in [2.75, 3.05) is 32.7 Å². The lowest BCUT2D eigenvalue weighted by atomic mass is 9.91. The first kappa shape index (κ1) is 17.4. The molecule has 1 aliphatic heterocycles. The van der Waals surface area contributed by atoms with E-state index in [1.165, 1.54) is 32.2 Å². The fourth-order valence-electron chi connectivity index (χ4n) is 3.29. The Bertz CT molecular complexity index is 272. The normalized spacial score (nSPS) is 19.4. The molecule has 1 fully saturated rings. The number of carbonyl (C=O) groups is 1. The Morgan fingerprint density at radius 2 is 1.85 bits per heavy atom. The maximum atomic E-state index is 11.2. The molecule has 0 spiro atoms. The summed E-state index contributed by atoms with van der Waals surface area (Å²) in [4.78, 5) is 15.8. The zero-order valence-corrected chi connectivity index (χ0v) is 13.5. The van der Waals surface area contributed by atoms with E-state index < -0.39 is 5.97 Å². The molecule has 0 saturated carbocycles. The van der Waals surface area contributed by atoms with Crippen LogP contribution in [-0.4, -0.2) is 59.6 Å². The maximum Gasteiger partial charge on any atom is 0.320 e. The number of nitrogens with zero attached hydrogens (tertiary/aromatic N) is 2. The highest BCUT2D eigenvalue weighted by Crippen LogP contribution is 2.24. The van der Waals surface area contributed by atoms with Gasteiger partial charge in [0.1, 0.15) is 6.04 Å². The van der Waals surface area contributed by atoms with E-state index in [0.29, 0.717) is 6.42 Å². The van der Waals surface area contributed by atoms with Gasteiger partial charge in [-0.1, -0.05) is 20.8 Å². The molecule has 1 unspecified atom stereocenters. The molecule has 0 aromatic carbocycles. The minimum Gasteiger partial charge on any atom is -0.480 e. The molecule has 0 aromatic rings. The molecule has 0 bridgehead atoms. The van der Waals surface area contributed by atoms with Crippen LogP contribution in [0.2, 0.25) is 0 Å². The van der Waals surface area contributed by atoms with E-state index in [0.717, 1.165) is 32.1 Å². The maximum absolute atomic E-state index is 11.2. The Hall–Kier alpha value is -0.610. The third-order valence-electron chi connectivity index (χ3n) is 4.74. The van der Waals surface area contributed by atoms with Crippen molar-refractivity contribution in [1.29, 1.82) is 0 Å². The van der Waals surface area contributed by atoms with Gasteiger partial charge >= 0.3 is 5.97 Å². The van der Waals surface area contributed by atoms with Crippen molar-refractivity contribution in [3.63, 3.8) is 0 Å². The van der Waals surface area contributed by atoms with Gasteiger partial charge in [-0.15, -0.1) is 0 Å². The average molecular weight is 284 g/mol. The molecule has 4 nitrogen and oxygen atoms in total. The summed E-state index contributed by atoms with van der Waals surface area (Å²) in [6.07, 6.45) is 5.63. The highest BCUT2D eigenvalue weighted by molar-refractivity contribution is 5.73. The molecule has 1 N–H and O–H groups in total. The lowest BCUT2D eigenvalue weighted by molar-refractivity contribution is -0.144. The Morgan fingerprint density at radius 1 is 1.25 bits per heavy atom. The highest BCUT2D eigenvalue weighted by Gasteiger charge is 2.27. The molecule has 118 valence electrons. The van der Waals surface area contributed by atoms with E-state index in [-0.39, 0.29) is 6.04 Å². The molecule has 20 heavy (non-hydrogen) atoms. The monoisotopic (exact) mass is 284 g/mol. The number of carboxylic acids is 1. The fraction of sp³-hybridized carbons (Fsp3) is 0.938. The van der Waals surface area contributed by atoms with Crippen molar-refractivity contribution in [3.8, 4) is 0 Å². The van der Waals surface area contributed by atoms with Crippen LogP contribution in [0, 0.1) is 5.92 Å². The number of rotatable bonds is 9. The van der Waals surface area contributed by atoms with Gasteiger partial charge in [-0.25, -0.2) is 0 Å². The summed E-state index contributed by atoms with van der Waals surface area (Å²) in [6.45, 7) is 11.8. The molecule has 1 saturated heterocycles. The first-order valence-corrected chi connectivity index (χ1v) is 8.31. The van der Waals surface area contributed by atoms with Crippen LogP contribution in [-0.2, 0) is 4.79 Å². The molecule has 1 heterocycles. The number of hydrogen-bond acceptors (Lipinski definition) is 3. The van der Waals surface area contributed by atoms with E-state index in [9.17, 15) is 9.90 Å². The number of piperidine rings is 1. The van der Waals surface area contributed by atoms with Gasteiger partial charge in [0.05, 0.1) is 0 Å². The Balaban J connectivity index is 2.23. The number of carboxylic acid groups (broad SMARTS) is 1. The van der Waals surface area contributed by atoms with E-state index in [1.807, 2.05) is 6.92 Å². The molecular formula is C16H32N2O2. The van der Waals surface area contributed by atoms with Crippen LogP contribution in [0.5, 0.6) is 0 Å². The van der Waals surface area contributed by atoms with Gasteiger partial charge in [0.25, 0.3) is 0 Å². The van der Waals surface area contributed by atoms with Crippen LogP contribution in [0.15, 0.2) is 0 Å². The highest BCUT2D eigenvalue weighted by atomic mass is 16.4. The van der Waals surface area contributed by atoms with E-state index >= 15 is 0 Å². The third kappa shape index (κ3) is 5.41. The summed E-state index contributed by atoms with van der Waals surface area (Å²) < 4.78 is 0. The second-order valence-electron chi connectivity index (χ2n) is 5.91. The Morgan fingerprint density at radius 3 is 2.30 bits per heavy atom. The van der Waals surface area contributed by atoms with Gasteiger partial charge in [0.15, 0.2) is 0 Å². The van der Waals surface area contributed by atoms with Crippen molar-refractivity contribution in [2.24, 2.45) is 5.92 Å². The topological polar surface area (TPSA) is 43.8 Å². The smallest absolute Gasteiger partial charge is 0.320 e. The van der Waals surface area contributed by atoms with Crippen molar-refractivity contribution < 1.29 is 9.90 Å². The van der Waals surface area contributed by atoms with Gasteiger partial charge < -0.3 is 10.0 Å². The quantitative estimate of drug-likeness (QED) is 0.707. The molecule has 4 heteroatoms. The van der Waals surface area contributed by atoms with Gasteiger partial charge in [-0.2, -0.15) is 0 Å². The summed E-state index contributed by atoms with van der Waals surface area (Å²) in [7, 11) is 0. The van der Waals surface area contributed by atoms with Gasteiger partial charge in [-0.3, -0.25) is 9.69 Å². The Kier molecular flexibility index (Phi) is 8.15. The second kappa shape index (κ2) is 9.35. The molecule has 0 radical (unpaired) electrons. The Labute approximate surface area is 124 Å². The van der Waals surface area contributed by atoms with E-state index in [2.05, 4.69) is 23.6 Å². The van der Waals surface area contributed by atoms with Crippen molar-refractivity contribution in [3.05, 3.63) is 0 Å². The first-order valence-electron chi connectivity index (χ1n) is 8.31. The van der Waals surface area contributed by atoms with Gasteiger partial charge in [0.2, 0.25) is 0 Å². The molecule has 0 aromatic heterocycles. The van der Waals surface area contributed by atoms with Crippen LogP contribution in [0.4, 0.5) is 0 Å². The largest absolute Gasteiger partial charge is 0.480 e. The summed E-state index contributed by atoms with van der Waals surface area (Å²) in [5.74, 6) is 0.139. The number of hydrogen-bond donors (Lipinski definition) is 1. The van der Waals surface area contributed by atoms with Crippen molar-refractivity contribution in [1.82, 2.24) is 9.80 Å². The van der Waals surface area contributed by atoms with Crippen molar-refractivity contribution in [2.45, 2.75) is 58.9 Å². The molecule has 1 rings (SSSR count).